The van der Waals surface area contributed by atoms with E-state index < -0.39 is 5.60 Å². The van der Waals surface area contributed by atoms with Crippen molar-refractivity contribution in [2.75, 3.05) is 31.3 Å². The molecule has 2 aliphatic heterocycles. The molecule has 2 aliphatic rings. The fourth-order valence-electron chi connectivity index (χ4n) is 2.39. The van der Waals surface area contributed by atoms with Crippen LogP contribution >= 0.6 is 11.8 Å². The molecule has 94 valence electrons. The van der Waals surface area contributed by atoms with E-state index in [1.807, 2.05) is 11.8 Å². The number of nitrogens with one attached hydrogen (secondary N) is 1. The smallest absolute Gasteiger partial charge is 0.0787 e. The van der Waals surface area contributed by atoms with E-state index in [1.54, 1.807) is 0 Å². The Morgan fingerprint density at radius 3 is 2.88 bits per heavy atom. The van der Waals surface area contributed by atoms with Gasteiger partial charge in [0.1, 0.15) is 0 Å². The van der Waals surface area contributed by atoms with E-state index in [2.05, 4.69) is 12.2 Å². The summed E-state index contributed by atoms with van der Waals surface area (Å²) in [6.45, 7) is 4.73. The van der Waals surface area contributed by atoms with Gasteiger partial charge >= 0.3 is 0 Å². The van der Waals surface area contributed by atoms with Gasteiger partial charge < -0.3 is 15.2 Å². The molecule has 2 rings (SSSR count). The number of hydrogen-bond donors (Lipinski definition) is 2. The average molecular weight is 245 g/mol. The van der Waals surface area contributed by atoms with Crippen LogP contribution in [0, 0.1) is 5.92 Å². The fourth-order valence-corrected chi connectivity index (χ4v) is 3.65. The van der Waals surface area contributed by atoms with Crippen molar-refractivity contribution in [2.45, 2.75) is 37.8 Å². The second-order valence-electron chi connectivity index (χ2n) is 5.13. The molecule has 2 unspecified atom stereocenters. The van der Waals surface area contributed by atoms with Crippen molar-refractivity contribution < 1.29 is 9.84 Å². The van der Waals surface area contributed by atoms with E-state index in [1.165, 1.54) is 0 Å². The van der Waals surface area contributed by atoms with E-state index in [-0.39, 0.29) is 0 Å². The minimum Gasteiger partial charge on any atom is -0.389 e. The first-order valence-electron chi connectivity index (χ1n) is 6.31. The Balaban J connectivity index is 1.72. The second kappa shape index (κ2) is 5.71. The van der Waals surface area contributed by atoms with E-state index in [4.69, 9.17) is 4.74 Å². The number of hydrogen-bond acceptors (Lipinski definition) is 4. The summed E-state index contributed by atoms with van der Waals surface area (Å²) in [7, 11) is 0. The third-order valence-corrected chi connectivity index (χ3v) is 4.83. The lowest BCUT2D eigenvalue weighted by Gasteiger charge is -2.34. The van der Waals surface area contributed by atoms with Crippen LogP contribution in [0.2, 0.25) is 0 Å². The van der Waals surface area contributed by atoms with Crippen LogP contribution in [0.3, 0.4) is 0 Å². The van der Waals surface area contributed by atoms with Crippen molar-refractivity contribution in [2.24, 2.45) is 5.92 Å². The van der Waals surface area contributed by atoms with Crippen LogP contribution in [0.5, 0.6) is 0 Å². The normalized spacial score (nSPS) is 31.5. The molecule has 0 saturated carbocycles. The largest absolute Gasteiger partial charge is 0.389 e. The SMILES string of the molecule is CC(NCC1(O)CCSCC1)C1CCOC1. The standard InChI is InChI=1S/C12H23NO2S/c1-10(11-2-5-15-8-11)13-9-12(14)3-6-16-7-4-12/h10-11,13-14H,2-9H2,1H3. The predicted octanol–water partition coefficient (Wildman–Crippen LogP) is 1.26. The van der Waals surface area contributed by atoms with Gasteiger partial charge in [-0.2, -0.15) is 11.8 Å². The zero-order valence-electron chi connectivity index (χ0n) is 10.1. The molecule has 2 saturated heterocycles. The Morgan fingerprint density at radius 2 is 2.25 bits per heavy atom. The van der Waals surface area contributed by atoms with Crippen molar-refractivity contribution in [3.05, 3.63) is 0 Å². The van der Waals surface area contributed by atoms with Gasteiger partial charge in [-0.15, -0.1) is 0 Å². The van der Waals surface area contributed by atoms with E-state index in [9.17, 15) is 5.11 Å². The maximum absolute atomic E-state index is 10.4. The molecule has 2 fully saturated rings. The fraction of sp³-hybridized carbons (Fsp3) is 1.00. The molecule has 0 bridgehead atoms. The van der Waals surface area contributed by atoms with E-state index in [0.29, 0.717) is 12.0 Å². The summed E-state index contributed by atoms with van der Waals surface area (Å²) in [5.74, 6) is 2.82. The van der Waals surface area contributed by atoms with Crippen LogP contribution in [0.15, 0.2) is 0 Å². The maximum atomic E-state index is 10.4. The number of ether oxygens (including phenoxy) is 1. The van der Waals surface area contributed by atoms with Crippen molar-refractivity contribution in [1.29, 1.82) is 0 Å². The highest BCUT2D eigenvalue weighted by Crippen LogP contribution is 2.26. The highest BCUT2D eigenvalue weighted by atomic mass is 32.2. The summed E-state index contributed by atoms with van der Waals surface area (Å²) in [5, 5.41) is 13.9. The quantitative estimate of drug-likeness (QED) is 0.782. The first-order chi connectivity index (χ1) is 7.70. The highest BCUT2D eigenvalue weighted by Gasteiger charge is 2.31. The van der Waals surface area contributed by atoms with Gasteiger partial charge in [-0.25, -0.2) is 0 Å². The van der Waals surface area contributed by atoms with Gasteiger partial charge in [0.15, 0.2) is 0 Å². The molecule has 2 N–H and O–H groups in total. The zero-order chi connectivity index (χ0) is 11.4. The van der Waals surface area contributed by atoms with Gasteiger partial charge in [0.05, 0.1) is 12.2 Å². The monoisotopic (exact) mass is 245 g/mol. The molecule has 0 radical (unpaired) electrons. The summed E-state index contributed by atoms with van der Waals surface area (Å²) < 4.78 is 5.39. The Kier molecular flexibility index (Phi) is 4.53. The number of rotatable bonds is 4. The van der Waals surface area contributed by atoms with Crippen LogP contribution in [-0.4, -0.2) is 48.0 Å². The van der Waals surface area contributed by atoms with Gasteiger partial charge in [0.2, 0.25) is 0 Å². The molecule has 16 heavy (non-hydrogen) atoms. The van der Waals surface area contributed by atoms with Crippen molar-refractivity contribution in [3.8, 4) is 0 Å². The van der Waals surface area contributed by atoms with Crippen LogP contribution in [0.25, 0.3) is 0 Å². The lowest BCUT2D eigenvalue weighted by Crippen LogP contribution is -2.47. The molecular formula is C12H23NO2S. The minimum absolute atomic E-state index is 0.459. The third-order valence-electron chi connectivity index (χ3n) is 3.85. The average Bonchev–Trinajstić information content (AvgIpc) is 2.80. The van der Waals surface area contributed by atoms with Crippen LogP contribution in [0.1, 0.15) is 26.2 Å². The molecular weight excluding hydrogens is 222 g/mol. The Hall–Kier alpha value is 0.230. The molecule has 4 heteroatoms. The van der Waals surface area contributed by atoms with Crippen molar-refractivity contribution >= 4 is 11.8 Å². The summed E-state index contributed by atoms with van der Waals surface area (Å²) in [6.07, 6.45) is 3.01. The predicted molar refractivity (Wildman–Crippen MR) is 67.9 cm³/mol. The topological polar surface area (TPSA) is 41.5 Å². The highest BCUT2D eigenvalue weighted by molar-refractivity contribution is 7.99. The lowest BCUT2D eigenvalue weighted by atomic mass is 9.94. The Labute approximate surface area is 102 Å². The van der Waals surface area contributed by atoms with Gasteiger partial charge in [-0.3, -0.25) is 0 Å². The molecule has 0 aromatic rings. The molecule has 0 aliphatic carbocycles. The second-order valence-corrected chi connectivity index (χ2v) is 6.35. The number of thioether (sulfide) groups is 1. The summed E-state index contributed by atoms with van der Waals surface area (Å²) in [4.78, 5) is 0. The van der Waals surface area contributed by atoms with Gasteiger partial charge in [0, 0.05) is 19.2 Å². The van der Waals surface area contributed by atoms with Crippen LogP contribution in [0.4, 0.5) is 0 Å². The number of aliphatic hydroxyl groups is 1. The minimum atomic E-state index is -0.459. The van der Waals surface area contributed by atoms with Gasteiger partial charge in [0.25, 0.3) is 0 Å². The van der Waals surface area contributed by atoms with Crippen molar-refractivity contribution in [1.82, 2.24) is 5.32 Å². The molecule has 0 aromatic heterocycles. The first-order valence-corrected chi connectivity index (χ1v) is 7.46. The molecule has 3 nitrogen and oxygen atoms in total. The Morgan fingerprint density at radius 1 is 1.50 bits per heavy atom. The molecule has 0 amide bonds. The maximum Gasteiger partial charge on any atom is 0.0787 e. The Bertz CT molecular complexity index is 213. The molecule has 0 spiro atoms. The lowest BCUT2D eigenvalue weighted by molar-refractivity contribution is 0.0279. The summed E-state index contributed by atoms with van der Waals surface area (Å²) in [5.41, 5.74) is -0.459. The zero-order valence-corrected chi connectivity index (χ0v) is 10.9. The summed E-state index contributed by atoms with van der Waals surface area (Å²) >= 11 is 1.95. The summed E-state index contributed by atoms with van der Waals surface area (Å²) in [6, 6.07) is 0.459. The van der Waals surface area contributed by atoms with Gasteiger partial charge in [-0.1, -0.05) is 0 Å². The molecule has 0 aromatic carbocycles. The van der Waals surface area contributed by atoms with E-state index >= 15 is 0 Å². The van der Waals surface area contributed by atoms with E-state index in [0.717, 1.165) is 50.5 Å². The van der Waals surface area contributed by atoms with Crippen molar-refractivity contribution in [3.63, 3.8) is 0 Å². The molecule has 2 heterocycles. The first kappa shape index (κ1) is 12.7. The third kappa shape index (κ3) is 3.36. The van der Waals surface area contributed by atoms with Crippen LogP contribution < -0.4 is 5.32 Å². The van der Waals surface area contributed by atoms with Crippen LogP contribution in [-0.2, 0) is 4.74 Å². The van der Waals surface area contributed by atoms with Gasteiger partial charge in [-0.05, 0) is 43.6 Å². The molecule has 2 atom stereocenters.